The molecule has 4 rings (SSSR count). The average Bonchev–Trinajstić information content (AvgIpc) is 3.51. The first-order valence-electron chi connectivity index (χ1n) is 9.80. The van der Waals surface area contributed by atoms with Gasteiger partial charge in [-0.2, -0.15) is 0 Å². The van der Waals surface area contributed by atoms with E-state index < -0.39 is 17.2 Å². The molecule has 7 nitrogen and oxygen atoms in total. The van der Waals surface area contributed by atoms with Crippen LogP contribution in [0.15, 0.2) is 17.1 Å². The van der Waals surface area contributed by atoms with E-state index in [0.717, 1.165) is 31.9 Å². The number of carboxylic acids is 1. The van der Waals surface area contributed by atoms with Crippen LogP contribution in [-0.2, 0) is 0 Å². The molecule has 0 spiro atoms. The van der Waals surface area contributed by atoms with Crippen LogP contribution in [0, 0.1) is 5.82 Å². The number of aliphatic hydroxyl groups is 1. The maximum Gasteiger partial charge on any atom is 0.341 e. The highest BCUT2D eigenvalue weighted by molar-refractivity contribution is 6.38. The first-order valence-corrected chi connectivity index (χ1v) is 10.2. The molecule has 2 heterocycles. The van der Waals surface area contributed by atoms with Crippen molar-refractivity contribution in [2.45, 2.75) is 25.3 Å². The van der Waals surface area contributed by atoms with E-state index in [1.807, 2.05) is 4.90 Å². The summed E-state index contributed by atoms with van der Waals surface area (Å²) in [5.74, 6) is -1.96. The van der Waals surface area contributed by atoms with Crippen molar-refractivity contribution < 1.29 is 19.4 Å². The molecular formula is C20H23ClFN3O4. The van der Waals surface area contributed by atoms with Crippen LogP contribution in [0.25, 0.3) is 10.9 Å². The predicted octanol–water partition coefficient (Wildman–Crippen LogP) is 2.33. The fourth-order valence-electron chi connectivity index (χ4n) is 4.07. The van der Waals surface area contributed by atoms with Crippen molar-refractivity contribution in [2.24, 2.45) is 0 Å². The Morgan fingerprint density at radius 1 is 1.24 bits per heavy atom. The molecular weight excluding hydrogens is 401 g/mol. The van der Waals surface area contributed by atoms with Crippen LogP contribution in [0.5, 0.6) is 0 Å². The number of fused-ring (bicyclic) bond motifs is 1. The molecule has 2 aromatic rings. The number of carboxylic acid groups (broad SMARTS) is 1. The standard InChI is InChI=1S/C20H23ClFN3O4/c21-16-17-13(19(27)14(20(28)29)11-25(17)12-2-3-12)10-15(22)18(16)24-5-1-4-23(6-7-24)8-9-26/h10-12,26H,1-9H2,(H,28,29). The van der Waals surface area contributed by atoms with Gasteiger partial charge in [-0.3, -0.25) is 9.69 Å². The molecule has 29 heavy (non-hydrogen) atoms. The van der Waals surface area contributed by atoms with E-state index in [-0.39, 0.29) is 34.3 Å². The van der Waals surface area contributed by atoms with Gasteiger partial charge in [-0.25, -0.2) is 9.18 Å². The lowest BCUT2D eigenvalue weighted by atomic mass is 10.1. The summed E-state index contributed by atoms with van der Waals surface area (Å²) in [5, 5.41) is 18.7. The summed E-state index contributed by atoms with van der Waals surface area (Å²) in [6.45, 7) is 3.26. The van der Waals surface area contributed by atoms with Crippen LogP contribution < -0.4 is 10.3 Å². The maximum absolute atomic E-state index is 15.1. The van der Waals surface area contributed by atoms with Gasteiger partial charge in [0.1, 0.15) is 11.4 Å². The highest BCUT2D eigenvalue weighted by Gasteiger charge is 2.30. The predicted molar refractivity (Wildman–Crippen MR) is 109 cm³/mol. The van der Waals surface area contributed by atoms with Crippen molar-refractivity contribution in [1.82, 2.24) is 9.47 Å². The van der Waals surface area contributed by atoms with E-state index in [1.165, 1.54) is 6.20 Å². The minimum Gasteiger partial charge on any atom is -0.477 e. The van der Waals surface area contributed by atoms with Crippen molar-refractivity contribution >= 4 is 34.2 Å². The van der Waals surface area contributed by atoms with Crippen LogP contribution in [0.2, 0.25) is 5.02 Å². The lowest BCUT2D eigenvalue weighted by molar-refractivity contribution is 0.0695. The number of aliphatic hydroxyl groups excluding tert-OH is 1. The molecule has 0 radical (unpaired) electrons. The molecule has 2 fully saturated rings. The van der Waals surface area contributed by atoms with Crippen molar-refractivity contribution in [1.29, 1.82) is 0 Å². The van der Waals surface area contributed by atoms with Gasteiger partial charge in [0.25, 0.3) is 0 Å². The number of nitrogens with zero attached hydrogens (tertiary/aromatic N) is 3. The second-order valence-electron chi connectivity index (χ2n) is 7.64. The smallest absolute Gasteiger partial charge is 0.341 e. The molecule has 1 saturated heterocycles. The molecule has 2 N–H and O–H groups in total. The number of hydrogen-bond acceptors (Lipinski definition) is 5. The lowest BCUT2D eigenvalue weighted by Gasteiger charge is -2.26. The molecule has 0 amide bonds. The molecule has 1 aromatic heterocycles. The largest absolute Gasteiger partial charge is 0.477 e. The van der Waals surface area contributed by atoms with Gasteiger partial charge in [-0.15, -0.1) is 0 Å². The molecule has 0 atom stereocenters. The number of rotatable bonds is 5. The summed E-state index contributed by atoms with van der Waals surface area (Å²) in [6, 6.07) is 1.19. The Balaban J connectivity index is 1.84. The molecule has 1 aliphatic carbocycles. The van der Waals surface area contributed by atoms with Crippen molar-refractivity contribution in [3.63, 3.8) is 0 Å². The molecule has 1 aromatic carbocycles. The van der Waals surface area contributed by atoms with Crippen LogP contribution in [0.4, 0.5) is 10.1 Å². The monoisotopic (exact) mass is 423 g/mol. The van der Waals surface area contributed by atoms with E-state index in [9.17, 15) is 14.7 Å². The van der Waals surface area contributed by atoms with Gasteiger partial charge in [0.05, 0.1) is 28.2 Å². The topological polar surface area (TPSA) is 86.0 Å². The normalized spacial score (nSPS) is 18.2. The van der Waals surface area contributed by atoms with Crippen LogP contribution in [0.1, 0.15) is 35.7 Å². The zero-order chi connectivity index (χ0) is 20.7. The van der Waals surface area contributed by atoms with Crippen LogP contribution >= 0.6 is 11.6 Å². The Kier molecular flexibility index (Phi) is 5.50. The quantitative estimate of drug-likeness (QED) is 0.767. The summed E-state index contributed by atoms with van der Waals surface area (Å²) in [5.41, 5.74) is -0.442. The fourth-order valence-corrected chi connectivity index (χ4v) is 4.48. The molecule has 1 aliphatic heterocycles. The molecule has 2 aliphatic rings. The van der Waals surface area contributed by atoms with Gasteiger partial charge in [0.2, 0.25) is 5.43 Å². The first-order chi connectivity index (χ1) is 13.9. The van der Waals surface area contributed by atoms with Gasteiger partial charge in [0.15, 0.2) is 0 Å². The average molecular weight is 424 g/mol. The van der Waals surface area contributed by atoms with E-state index in [0.29, 0.717) is 31.7 Å². The van der Waals surface area contributed by atoms with Crippen molar-refractivity contribution in [2.75, 3.05) is 44.2 Å². The SMILES string of the molecule is O=C(O)c1cn(C2CC2)c2c(Cl)c(N3CCCN(CCO)CC3)c(F)cc2c1=O. The molecule has 1 saturated carbocycles. The number of β-amino-alcohol motifs (C(OH)–C–C–N with tert-alkyl or cyclic N) is 1. The fraction of sp³-hybridized carbons (Fsp3) is 0.500. The second-order valence-corrected chi connectivity index (χ2v) is 8.02. The molecule has 0 unspecified atom stereocenters. The Hall–Kier alpha value is -2.16. The van der Waals surface area contributed by atoms with E-state index in [1.54, 1.807) is 4.57 Å². The minimum absolute atomic E-state index is 0.000205. The van der Waals surface area contributed by atoms with E-state index in [4.69, 9.17) is 16.7 Å². The zero-order valence-corrected chi connectivity index (χ0v) is 16.7. The number of hydrogen-bond donors (Lipinski definition) is 2. The highest BCUT2D eigenvalue weighted by atomic mass is 35.5. The summed E-state index contributed by atoms with van der Waals surface area (Å²) in [7, 11) is 0. The third-order valence-electron chi connectivity index (χ3n) is 5.68. The van der Waals surface area contributed by atoms with Gasteiger partial charge in [-0.05, 0) is 31.9 Å². The summed E-state index contributed by atoms with van der Waals surface area (Å²) in [4.78, 5) is 28.2. The lowest BCUT2D eigenvalue weighted by Crippen LogP contribution is -2.33. The number of aromatic carboxylic acids is 1. The number of benzene rings is 1. The zero-order valence-electron chi connectivity index (χ0n) is 15.9. The Morgan fingerprint density at radius 3 is 2.66 bits per heavy atom. The summed E-state index contributed by atoms with van der Waals surface area (Å²) >= 11 is 6.67. The van der Waals surface area contributed by atoms with Crippen molar-refractivity contribution in [3.8, 4) is 0 Å². The summed E-state index contributed by atoms with van der Waals surface area (Å²) in [6.07, 6.45) is 3.85. The van der Waals surface area contributed by atoms with Gasteiger partial charge in [-0.1, -0.05) is 11.6 Å². The maximum atomic E-state index is 15.1. The van der Waals surface area contributed by atoms with Crippen LogP contribution in [-0.4, -0.2) is 65.0 Å². The Labute approximate surface area is 171 Å². The number of carbonyl (C=O) groups is 1. The molecule has 156 valence electrons. The highest BCUT2D eigenvalue weighted by Crippen LogP contribution is 2.42. The third kappa shape index (κ3) is 3.72. The number of aromatic nitrogens is 1. The summed E-state index contributed by atoms with van der Waals surface area (Å²) < 4.78 is 16.9. The van der Waals surface area contributed by atoms with Crippen molar-refractivity contribution in [3.05, 3.63) is 38.9 Å². The Morgan fingerprint density at radius 2 is 2.00 bits per heavy atom. The van der Waals surface area contributed by atoms with Gasteiger partial charge >= 0.3 is 5.97 Å². The van der Waals surface area contributed by atoms with Crippen LogP contribution in [0.3, 0.4) is 0 Å². The first kappa shape index (κ1) is 20.1. The Bertz CT molecular complexity index is 1020. The number of anilines is 1. The van der Waals surface area contributed by atoms with Gasteiger partial charge in [0, 0.05) is 38.4 Å². The van der Waals surface area contributed by atoms with Gasteiger partial charge < -0.3 is 19.7 Å². The number of pyridine rings is 1. The minimum atomic E-state index is -1.33. The second kappa shape index (κ2) is 7.93. The molecule has 9 heteroatoms. The third-order valence-corrected chi connectivity index (χ3v) is 6.03. The molecule has 0 bridgehead atoms. The van der Waals surface area contributed by atoms with E-state index >= 15 is 4.39 Å². The van der Waals surface area contributed by atoms with E-state index in [2.05, 4.69) is 4.90 Å². The number of halogens is 2.